The number of nitrogens with zero attached hydrogens (tertiary/aromatic N) is 4. The fourth-order valence-corrected chi connectivity index (χ4v) is 2.88. The molecule has 0 amide bonds. The molecule has 1 aromatic carbocycles. The van der Waals surface area contributed by atoms with Crippen LogP contribution in [-0.4, -0.2) is 25.9 Å². The first kappa shape index (κ1) is 19.4. The van der Waals surface area contributed by atoms with Crippen LogP contribution in [0, 0.1) is 13.8 Å². The van der Waals surface area contributed by atoms with Gasteiger partial charge in [0.05, 0.1) is 5.69 Å². The summed E-state index contributed by atoms with van der Waals surface area (Å²) < 4.78 is 17.8. The number of rotatable bonds is 6. The summed E-state index contributed by atoms with van der Waals surface area (Å²) in [5, 5.41) is 8.34. The number of aryl methyl sites for hydroxylation is 2. The summed E-state index contributed by atoms with van der Waals surface area (Å²) in [5.74, 6) is 1.59. The molecular weight excluding hydrogens is 384 g/mol. The summed E-state index contributed by atoms with van der Waals surface area (Å²) in [5.41, 5.74) is 2.23. The second-order valence-electron chi connectivity index (χ2n) is 6.72. The van der Waals surface area contributed by atoms with Crippen molar-refractivity contribution in [2.24, 2.45) is 0 Å². The molecule has 1 atom stereocenters. The van der Waals surface area contributed by atoms with E-state index in [1.807, 2.05) is 55.6 Å². The molecule has 0 saturated heterocycles. The minimum atomic E-state index is -0.650. The number of benzene rings is 1. The van der Waals surface area contributed by atoms with Crippen molar-refractivity contribution in [1.82, 2.24) is 19.9 Å². The van der Waals surface area contributed by atoms with Crippen LogP contribution in [0.25, 0.3) is 23.2 Å². The normalized spacial score (nSPS) is 12.4. The van der Waals surface area contributed by atoms with Crippen molar-refractivity contribution in [3.05, 3.63) is 77.8 Å². The largest absolute Gasteiger partial charge is 0.460 e. The van der Waals surface area contributed by atoms with Crippen molar-refractivity contribution in [1.29, 1.82) is 0 Å². The fraction of sp³-hybridized carbons (Fsp3) is 0.182. The van der Waals surface area contributed by atoms with Gasteiger partial charge in [-0.05, 0) is 51.1 Å². The number of furan rings is 1. The number of hydrogen-bond acceptors (Lipinski definition) is 7. The average molecular weight is 404 g/mol. The lowest BCUT2D eigenvalue weighted by molar-refractivity contribution is -0.143. The quantitative estimate of drug-likeness (QED) is 0.346. The monoisotopic (exact) mass is 404 g/mol. The first-order valence-corrected chi connectivity index (χ1v) is 9.40. The van der Waals surface area contributed by atoms with Crippen molar-refractivity contribution in [3.63, 3.8) is 0 Å². The van der Waals surface area contributed by atoms with E-state index in [1.54, 1.807) is 24.6 Å². The van der Waals surface area contributed by atoms with Gasteiger partial charge in [0.25, 0.3) is 5.89 Å². The predicted molar refractivity (Wildman–Crippen MR) is 109 cm³/mol. The molecule has 0 aliphatic heterocycles. The maximum atomic E-state index is 12.3. The molecule has 0 saturated carbocycles. The zero-order valence-electron chi connectivity index (χ0n) is 16.8. The smallest absolute Gasteiger partial charge is 0.331 e. The van der Waals surface area contributed by atoms with E-state index in [9.17, 15) is 4.79 Å². The van der Waals surface area contributed by atoms with Crippen LogP contribution in [-0.2, 0) is 9.53 Å². The molecule has 0 aliphatic carbocycles. The third-order valence-electron chi connectivity index (χ3n) is 4.32. The van der Waals surface area contributed by atoms with E-state index in [4.69, 9.17) is 13.7 Å². The lowest BCUT2D eigenvalue weighted by Crippen LogP contribution is -2.06. The Kier molecular flexibility index (Phi) is 5.30. The maximum absolute atomic E-state index is 12.3. The van der Waals surface area contributed by atoms with Gasteiger partial charge in [-0.25, -0.2) is 9.48 Å². The molecule has 152 valence electrons. The second-order valence-corrected chi connectivity index (χ2v) is 6.72. The number of hydrogen-bond donors (Lipinski definition) is 0. The number of esters is 1. The Labute approximate surface area is 172 Å². The van der Waals surface area contributed by atoms with Gasteiger partial charge >= 0.3 is 5.97 Å². The zero-order chi connectivity index (χ0) is 21.1. The SMILES string of the molecule is Cc1noc(C(C)OC(=O)/C=C/c2cn(-c3ccccc3)nc2-c2ccc(C)o2)n1. The molecule has 1 unspecified atom stereocenters. The van der Waals surface area contributed by atoms with E-state index in [0.717, 1.165) is 11.4 Å². The average Bonchev–Trinajstić information content (AvgIpc) is 3.46. The minimum absolute atomic E-state index is 0.248. The van der Waals surface area contributed by atoms with Crippen molar-refractivity contribution >= 4 is 12.0 Å². The van der Waals surface area contributed by atoms with Gasteiger partial charge in [0, 0.05) is 17.8 Å². The summed E-state index contributed by atoms with van der Waals surface area (Å²) >= 11 is 0. The highest BCUT2D eigenvalue weighted by Gasteiger charge is 2.17. The number of ether oxygens (including phenoxy) is 1. The van der Waals surface area contributed by atoms with Crippen LogP contribution >= 0.6 is 0 Å². The van der Waals surface area contributed by atoms with Crippen LogP contribution < -0.4 is 0 Å². The molecule has 0 spiro atoms. The van der Waals surface area contributed by atoms with Crippen LogP contribution in [0.5, 0.6) is 0 Å². The predicted octanol–water partition coefficient (Wildman–Crippen LogP) is 4.45. The highest BCUT2D eigenvalue weighted by Crippen LogP contribution is 2.27. The van der Waals surface area contributed by atoms with E-state index in [2.05, 4.69) is 15.2 Å². The topological polar surface area (TPSA) is 96.2 Å². The summed E-state index contributed by atoms with van der Waals surface area (Å²) in [6, 6.07) is 13.4. The van der Waals surface area contributed by atoms with Crippen molar-refractivity contribution < 1.29 is 18.5 Å². The summed E-state index contributed by atoms with van der Waals surface area (Å²) in [6.45, 7) is 5.23. The molecule has 4 rings (SSSR count). The Hall–Kier alpha value is -3.94. The maximum Gasteiger partial charge on any atom is 0.331 e. The standard InChI is InChI=1S/C22H20N4O4/c1-14-9-11-19(28-14)21-17(13-26(24-21)18-7-5-4-6-8-18)10-12-20(27)29-15(2)22-23-16(3)25-30-22/h4-13,15H,1-3H3/b12-10+. The third-order valence-corrected chi connectivity index (χ3v) is 4.32. The first-order chi connectivity index (χ1) is 14.5. The molecule has 0 bridgehead atoms. The van der Waals surface area contributed by atoms with E-state index in [1.165, 1.54) is 6.08 Å². The lowest BCUT2D eigenvalue weighted by Gasteiger charge is -2.06. The molecule has 30 heavy (non-hydrogen) atoms. The van der Waals surface area contributed by atoms with Crippen LogP contribution in [0.1, 0.15) is 36.1 Å². The zero-order valence-corrected chi connectivity index (χ0v) is 16.8. The highest BCUT2D eigenvalue weighted by molar-refractivity contribution is 5.88. The Bertz CT molecular complexity index is 1190. The highest BCUT2D eigenvalue weighted by atomic mass is 16.6. The van der Waals surface area contributed by atoms with Crippen LogP contribution in [0.15, 0.2) is 63.7 Å². The molecule has 3 heterocycles. The Morgan fingerprint density at radius 2 is 1.97 bits per heavy atom. The number of carbonyl (C=O) groups excluding carboxylic acids is 1. The Morgan fingerprint density at radius 1 is 1.17 bits per heavy atom. The van der Waals surface area contributed by atoms with Crippen LogP contribution in [0.2, 0.25) is 0 Å². The molecular formula is C22H20N4O4. The van der Waals surface area contributed by atoms with E-state index in [-0.39, 0.29) is 5.89 Å². The molecule has 0 fully saturated rings. The van der Waals surface area contributed by atoms with Gasteiger partial charge < -0.3 is 13.7 Å². The van der Waals surface area contributed by atoms with E-state index < -0.39 is 12.1 Å². The fourth-order valence-electron chi connectivity index (χ4n) is 2.88. The van der Waals surface area contributed by atoms with Gasteiger partial charge in [0.2, 0.25) is 0 Å². The summed E-state index contributed by atoms with van der Waals surface area (Å²) in [4.78, 5) is 16.4. The molecule has 0 radical (unpaired) electrons. The summed E-state index contributed by atoms with van der Waals surface area (Å²) in [6.07, 6.45) is 4.17. The molecule has 8 heteroatoms. The molecule has 0 aliphatic rings. The van der Waals surface area contributed by atoms with Gasteiger partial charge in [0.1, 0.15) is 11.5 Å². The van der Waals surface area contributed by atoms with Crippen molar-refractivity contribution in [3.8, 4) is 17.1 Å². The third kappa shape index (κ3) is 4.22. The number of para-hydroxylation sites is 1. The lowest BCUT2D eigenvalue weighted by atomic mass is 10.2. The minimum Gasteiger partial charge on any atom is -0.460 e. The first-order valence-electron chi connectivity index (χ1n) is 9.40. The van der Waals surface area contributed by atoms with Crippen molar-refractivity contribution in [2.75, 3.05) is 0 Å². The van der Waals surface area contributed by atoms with Crippen LogP contribution in [0.3, 0.4) is 0 Å². The van der Waals surface area contributed by atoms with Gasteiger partial charge in [0.15, 0.2) is 17.7 Å². The summed E-state index contributed by atoms with van der Waals surface area (Å²) in [7, 11) is 0. The van der Waals surface area contributed by atoms with Crippen molar-refractivity contribution in [2.45, 2.75) is 26.9 Å². The Balaban J connectivity index is 1.59. The molecule has 8 nitrogen and oxygen atoms in total. The second kappa shape index (κ2) is 8.20. The molecule has 3 aromatic heterocycles. The molecule has 0 N–H and O–H groups in total. The van der Waals surface area contributed by atoms with Gasteiger partial charge in [-0.15, -0.1) is 0 Å². The van der Waals surface area contributed by atoms with E-state index in [0.29, 0.717) is 22.8 Å². The Morgan fingerprint density at radius 3 is 2.63 bits per heavy atom. The number of carbonyl (C=O) groups is 1. The van der Waals surface area contributed by atoms with E-state index >= 15 is 0 Å². The van der Waals surface area contributed by atoms with Gasteiger partial charge in [-0.3, -0.25) is 0 Å². The van der Waals surface area contributed by atoms with Crippen LogP contribution in [0.4, 0.5) is 0 Å². The molecule has 4 aromatic rings. The van der Waals surface area contributed by atoms with Gasteiger partial charge in [-0.1, -0.05) is 23.4 Å². The van der Waals surface area contributed by atoms with Gasteiger partial charge in [-0.2, -0.15) is 10.1 Å². The number of aromatic nitrogens is 4.